The van der Waals surface area contributed by atoms with Gasteiger partial charge in [0.15, 0.2) is 0 Å². The number of hydrogen-bond acceptors (Lipinski definition) is 4. The smallest absolute Gasteiger partial charge is 0.254 e. The van der Waals surface area contributed by atoms with Crippen molar-refractivity contribution in [1.29, 1.82) is 0 Å². The third-order valence-electron chi connectivity index (χ3n) is 4.19. The van der Waals surface area contributed by atoms with Crippen LogP contribution in [0.5, 0.6) is 0 Å². The minimum atomic E-state index is 0.109. The SMILES string of the molecule is Nc1ccc(C(=O)N(CC2CCCO2)C2CCSC2)cc1. The van der Waals surface area contributed by atoms with Gasteiger partial charge in [0, 0.05) is 36.2 Å². The summed E-state index contributed by atoms with van der Waals surface area (Å²) in [5.74, 6) is 2.28. The van der Waals surface area contributed by atoms with Gasteiger partial charge in [-0.25, -0.2) is 0 Å². The lowest BCUT2D eigenvalue weighted by molar-refractivity contribution is 0.0442. The van der Waals surface area contributed by atoms with Crippen molar-refractivity contribution >= 4 is 23.4 Å². The van der Waals surface area contributed by atoms with E-state index in [9.17, 15) is 4.79 Å². The molecule has 3 rings (SSSR count). The molecule has 0 bridgehead atoms. The molecule has 2 unspecified atom stereocenters. The maximum Gasteiger partial charge on any atom is 0.254 e. The first-order valence-electron chi connectivity index (χ1n) is 7.60. The zero-order valence-corrected chi connectivity index (χ0v) is 13.0. The summed E-state index contributed by atoms with van der Waals surface area (Å²) in [7, 11) is 0. The Labute approximate surface area is 130 Å². The number of hydrogen-bond donors (Lipinski definition) is 1. The van der Waals surface area contributed by atoms with Crippen LogP contribution in [0.2, 0.25) is 0 Å². The van der Waals surface area contributed by atoms with Crippen molar-refractivity contribution in [1.82, 2.24) is 4.90 Å². The summed E-state index contributed by atoms with van der Waals surface area (Å²) in [6.45, 7) is 1.54. The van der Waals surface area contributed by atoms with Crippen molar-refractivity contribution in [2.24, 2.45) is 0 Å². The zero-order valence-electron chi connectivity index (χ0n) is 12.2. The molecule has 5 heteroatoms. The quantitative estimate of drug-likeness (QED) is 0.868. The number of ether oxygens (including phenoxy) is 1. The molecule has 0 radical (unpaired) electrons. The van der Waals surface area contributed by atoms with E-state index in [4.69, 9.17) is 10.5 Å². The van der Waals surface area contributed by atoms with Crippen molar-refractivity contribution in [3.8, 4) is 0 Å². The average Bonchev–Trinajstić information content (AvgIpc) is 3.18. The molecular weight excluding hydrogens is 284 g/mol. The average molecular weight is 306 g/mol. The summed E-state index contributed by atoms with van der Waals surface area (Å²) in [4.78, 5) is 14.9. The molecule has 1 amide bonds. The second-order valence-corrected chi connectivity index (χ2v) is 6.88. The van der Waals surface area contributed by atoms with Gasteiger partial charge in [0.1, 0.15) is 0 Å². The first kappa shape index (κ1) is 14.7. The number of amides is 1. The highest BCUT2D eigenvalue weighted by Gasteiger charge is 2.31. The Hall–Kier alpha value is -1.20. The minimum absolute atomic E-state index is 0.109. The van der Waals surface area contributed by atoms with Gasteiger partial charge in [-0.05, 0) is 49.3 Å². The van der Waals surface area contributed by atoms with Crippen LogP contribution in [-0.4, -0.2) is 47.6 Å². The van der Waals surface area contributed by atoms with Crippen LogP contribution in [0.15, 0.2) is 24.3 Å². The molecule has 2 N–H and O–H groups in total. The van der Waals surface area contributed by atoms with Gasteiger partial charge in [-0.2, -0.15) is 11.8 Å². The Morgan fingerprint density at radius 1 is 1.33 bits per heavy atom. The monoisotopic (exact) mass is 306 g/mol. The van der Waals surface area contributed by atoms with Crippen LogP contribution in [0.3, 0.4) is 0 Å². The summed E-state index contributed by atoms with van der Waals surface area (Å²) < 4.78 is 5.73. The fourth-order valence-electron chi connectivity index (χ4n) is 2.96. The van der Waals surface area contributed by atoms with Crippen LogP contribution >= 0.6 is 11.8 Å². The van der Waals surface area contributed by atoms with Gasteiger partial charge in [0.2, 0.25) is 0 Å². The highest BCUT2D eigenvalue weighted by atomic mass is 32.2. The standard InChI is InChI=1S/C16H22N2O2S/c17-13-5-3-12(4-6-13)16(19)18(14-7-9-21-11-14)10-15-2-1-8-20-15/h3-6,14-15H,1-2,7-11,17H2. The zero-order chi connectivity index (χ0) is 14.7. The van der Waals surface area contributed by atoms with Gasteiger partial charge in [0.25, 0.3) is 5.91 Å². The molecule has 2 heterocycles. The fraction of sp³-hybridized carbons (Fsp3) is 0.562. The lowest BCUT2D eigenvalue weighted by Gasteiger charge is -2.31. The number of nitrogens with zero attached hydrogens (tertiary/aromatic N) is 1. The number of anilines is 1. The number of carbonyl (C=O) groups is 1. The summed E-state index contributed by atoms with van der Waals surface area (Å²) in [5, 5.41) is 0. The van der Waals surface area contributed by atoms with Gasteiger partial charge in [-0.1, -0.05) is 0 Å². The maximum absolute atomic E-state index is 12.9. The molecule has 0 aliphatic carbocycles. The topological polar surface area (TPSA) is 55.6 Å². The Morgan fingerprint density at radius 2 is 2.14 bits per heavy atom. The molecule has 2 fully saturated rings. The predicted molar refractivity (Wildman–Crippen MR) is 86.6 cm³/mol. The van der Waals surface area contributed by atoms with Gasteiger partial charge in [-0.15, -0.1) is 0 Å². The summed E-state index contributed by atoms with van der Waals surface area (Å²) in [5.41, 5.74) is 7.12. The number of nitrogen functional groups attached to an aromatic ring is 1. The lowest BCUT2D eigenvalue weighted by Crippen LogP contribution is -2.44. The summed E-state index contributed by atoms with van der Waals surface area (Å²) in [6.07, 6.45) is 3.45. The van der Waals surface area contributed by atoms with E-state index in [-0.39, 0.29) is 12.0 Å². The third kappa shape index (κ3) is 3.52. The van der Waals surface area contributed by atoms with Crippen molar-refractivity contribution in [2.75, 3.05) is 30.4 Å². The van der Waals surface area contributed by atoms with Crippen LogP contribution in [0.4, 0.5) is 5.69 Å². The van der Waals surface area contributed by atoms with E-state index in [1.165, 1.54) is 0 Å². The second-order valence-electron chi connectivity index (χ2n) is 5.73. The highest BCUT2D eigenvalue weighted by Crippen LogP contribution is 2.26. The van der Waals surface area contributed by atoms with Gasteiger partial charge in [-0.3, -0.25) is 4.79 Å². The van der Waals surface area contributed by atoms with Gasteiger partial charge >= 0.3 is 0 Å². The predicted octanol–water partition coefficient (Wildman–Crippen LogP) is 2.40. The summed E-state index contributed by atoms with van der Waals surface area (Å²) in [6, 6.07) is 7.57. The Balaban J connectivity index is 1.76. The van der Waals surface area contributed by atoms with E-state index in [2.05, 4.69) is 0 Å². The normalized spacial score (nSPS) is 25.1. The van der Waals surface area contributed by atoms with Gasteiger partial charge < -0.3 is 15.4 Å². The molecule has 1 aromatic carbocycles. The fourth-order valence-corrected chi connectivity index (χ4v) is 4.19. The van der Waals surface area contributed by atoms with Crippen molar-refractivity contribution < 1.29 is 9.53 Å². The number of carbonyl (C=O) groups excluding carboxylic acids is 1. The van der Waals surface area contributed by atoms with E-state index in [1.807, 2.05) is 28.8 Å². The highest BCUT2D eigenvalue weighted by molar-refractivity contribution is 7.99. The van der Waals surface area contributed by atoms with Crippen molar-refractivity contribution in [3.63, 3.8) is 0 Å². The lowest BCUT2D eigenvalue weighted by atomic mass is 10.1. The van der Waals surface area contributed by atoms with E-state index in [0.717, 1.165) is 42.9 Å². The number of benzene rings is 1. The molecule has 0 saturated carbocycles. The first-order chi connectivity index (χ1) is 10.2. The van der Waals surface area contributed by atoms with Crippen LogP contribution in [0, 0.1) is 0 Å². The van der Waals surface area contributed by atoms with Gasteiger partial charge in [0.05, 0.1) is 6.10 Å². The maximum atomic E-state index is 12.9. The van der Waals surface area contributed by atoms with Crippen LogP contribution < -0.4 is 5.73 Å². The van der Waals surface area contributed by atoms with Crippen molar-refractivity contribution in [2.45, 2.75) is 31.4 Å². The number of nitrogens with two attached hydrogens (primary N) is 1. The second kappa shape index (κ2) is 6.71. The Kier molecular flexibility index (Phi) is 4.70. The molecule has 2 aliphatic rings. The molecule has 0 aromatic heterocycles. The van der Waals surface area contributed by atoms with E-state index in [0.29, 0.717) is 18.3 Å². The molecule has 2 saturated heterocycles. The van der Waals surface area contributed by atoms with E-state index >= 15 is 0 Å². The van der Waals surface area contributed by atoms with Crippen molar-refractivity contribution in [3.05, 3.63) is 29.8 Å². The molecule has 4 nitrogen and oxygen atoms in total. The first-order valence-corrected chi connectivity index (χ1v) is 8.75. The number of rotatable bonds is 4. The minimum Gasteiger partial charge on any atom is -0.399 e. The van der Waals surface area contributed by atoms with E-state index in [1.54, 1.807) is 12.1 Å². The van der Waals surface area contributed by atoms with Crippen LogP contribution in [-0.2, 0) is 4.74 Å². The van der Waals surface area contributed by atoms with E-state index < -0.39 is 0 Å². The Morgan fingerprint density at radius 3 is 2.76 bits per heavy atom. The van der Waals surface area contributed by atoms with Crippen LogP contribution in [0.25, 0.3) is 0 Å². The molecular formula is C16H22N2O2S. The largest absolute Gasteiger partial charge is 0.399 e. The molecule has 0 spiro atoms. The molecule has 2 atom stereocenters. The number of thioether (sulfide) groups is 1. The Bertz CT molecular complexity index is 480. The molecule has 114 valence electrons. The van der Waals surface area contributed by atoms with Crippen LogP contribution in [0.1, 0.15) is 29.6 Å². The summed E-state index contributed by atoms with van der Waals surface area (Å²) >= 11 is 1.93. The molecule has 21 heavy (non-hydrogen) atoms. The molecule has 2 aliphatic heterocycles. The third-order valence-corrected chi connectivity index (χ3v) is 5.33. The molecule has 1 aromatic rings.